The minimum Gasteiger partial charge on any atom is -0.548 e. The van der Waals surface area contributed by atoms with E-state index in [-0.39, 0.29) is 8.41 Å². The van der Waals surface area contributed by atoms with Crippen molar-refractivity contribution in [3.05, 3.63) is 0 Å². The Labute approximate surface area is 159 Å². The zero-order valence-electron chi connectivity index (χ0n) is 14.2. The van der Waals surface area contributed by atoms with Crippen LogP contribution in [0.4, 0.5) is 0 Å². The Balaban J connectivity index is -0.000000152. The van der Waals surface area contributed by atoms with Gasteiger partial charge in [-0.25, -0.2) is 0 Å². The van der Waals surface area contributed by atoms with Crippen molar-refractivity contribution >= 4 is 44.2 Å². The van der Waals surface area contributed by atoms with Crippen molar-refractivity contribution < 1.29 is 59.4 Å². The number of carboxylic acid groups (broad SMARTS) is 6. The van der Waals surface area contributed by atoms with E-state index in [0.717, 1.165) is 0 Å². The molecule has 0 unspecified atom stereocenters. The van der Waals surface area contributed by atoms with Crippen LogP contribution in [0.1, 0.15) is 19.3 Å². The monoisotopic (exact) mass is 407 g/mol. The summed E-state index contributed by atoms with van der Waals surface area (Å²) in [7, 11) is 0. The van der Waals surface area contributed by atoms with Gasteiger partial charge in [-0.2, -0.15) is 0 Å². The fraction of sp³-hybridized carbons (Fsp3) is 0.500. The second-order valence-corrected chi connectivity index (χ2v) is 4.57. The minimum absolute atomic E-state index is 0. The first kappa shape index (κ1) is 32.4. The molecule has 156 valence electrons. The zero-order valence-corrected chi connectivity index (χ0v) is 14.2. The van der Waals surface area contributed by atoms with Crippen molar-refractivity contribution in [2.24, 2.45) is 17.2 Å². The fourth-order valence-electron chi connectivity index (χ4n) is 0.814. The summed E-state index contributed by atoms with van der Waals surface area (Å²) in [4.78, 5) is 58.4. The third-order valence-electron chi connectivity index (χ3n) is 2.09. The van der Waals surface area contributed by atoms with E-state index in [1.807, 2.05) is 0 Å². The zero-order chi connectivity index (χ0) is 22.3. The summed E-state index contributed by atoms with van der Waals surface area (Å²) < 4.78 is 0. The van der Waals surface area contributed by atoms with Crippen LogP contribution < -0.4 is 32.5 Å². The van der Waals surface area contributed by atoms with Crippen molar-refractivity contribution in [3.8, 4) is 0 Å². The summed E-state index contributed by atoms with van der Waals surface area (Å²) >= 11 is 0. The standard InChI is InChI=1S/3C4H7NO4.B/c3*5-2(4(8)9)1-3(6)7;/h3*2H,1,5H2,(H,6,7)(H,8,9);/q;;;+3/p-3/t3*2-;/m000./s1. The maximum atomic E-state index is 9.74. The Morgan fingerprint density at radius 1 is 0.571 bits per heavy atom. The van der Waals surface area contributed by atoms with Gasteiger partial charge in [-0.05, 0) is 0 Å². The van der Waals surface area contributed by atoms with Gasteiger partial charge in [0.1, 0.15) is 0 Å². The van der Waals surface area contributed by atoms with E-state index >= 15 is 0 Å². The van der Waals surface area contributed by atoms with Gasteiger partial charge in [0.2, 0.25) is 0 Å². The molecule has 15 nitrogen and oxygen atoms in total. The first-order valence-electron chi connectivity index (χ1n) is 6.66. The number of nitrogens with two attached hydrogens (primary N) is 3. The topological polar surface area (TPSA) is 310 Å². The molecule has 0 fully saturated rings. The van der Waals surface area contributed by atoms with E-state index in [2.05, 4.69) is 0 Å². The van der Waals surface area contributed by atoms with Crippen LogP contribution in [-0.2, 0) is 28.8 Å². The molecule has 0 aliphatic rings. The van der Waals surface area contributed by atoms with Crippen LogP contribution in [0.15, 0.2) is 0 Å². The molecule has 0 aromatic carbocycles. The van der Waals surface area contributed by atoms with Gasteiger partial charge in [0.05, 0.1) is 55.3 Å². The molecule has 0 spiro atoms. The molecule has 0 saturated carbocycles. The van der Waals surface area contributed by atoms with E-state index in [1.165, 1.54) is 0 Å². The summed E-state index contributed by atoms with van der Waals surface area (Å²) in [6, 6.07) is -4.20. The first-order chi connectivity index (χ1) is 12.1. The number of carbonyl (C=O) groups is 6. The van der Waals surface area contributed by atoms with Gasteiger partial charge < -0.3 is 62.2 Å². The molecule has 16 heteroatoms. The smallest absolute Gasteiger partial charge is 0.548 e. The number of hydrogen-bond donors (Lipinski definition) is 6. The Kier molecular flexibility index (Phi) is 19.9. The maximum Gasteiger partial charge on any atom is 3.00 e. The third kappa shape index (κ3) is 25.0. The molecule has 0 aromatic heterocycles. The summed E-state index contributed by atoms with van der Waals surface area (Å²) in [5.74, 6) is -8.36. The predicted molar refractivity (Wildman–Crippen MR) is 81.5 cm³/mol. The second kappa shape index (κ2) is 17.2. The van der Waals surface area contributed by atoms with Crippen LogP contribution >= 0.6 is 0 Å². The summed E-state index contributed by atoms with van der Waals surface area (Å²) in [5, 5.41) is 53.1. The fourth-order valence-corrected chi connectivity index (χ4v) is 0.814. The number of carboxylic acids is 6. The van der Waals surface area contributed by atoms with E-state index in [4.69, 9.17) is 32.5 Å². The molecule has 0 bridgehead atoms. The summed E-state index contributed by atoms with van der Waals surface area (Å²) in [6.45, 7) is 0. The van der Waals surface area contributed by atoms with Gasteiger partial charge in [-0.1, -0.05) is 0 Å². The Morgan fingerprint density at radius 2 is 0.714 bits per heavy atom. The number of hydrogen-bond acceptors (Lipinski definition) is 12. The summed E-state index contributed by atoms with van der Waals surface area (Å²) in [6.07, 6.45) is -1.78. The Morgan fingerprint density at radius 3 is 0.750 bits per heavy atom. The molecule has 0 aliphatic heterocycles. The molecular formula is C12H18BN3O12. The van der Waals surface area contributed by atoms with Gasteiger partial charge in [-0.3, -0.25) is 14.4 Å². The van der Waals surface area contributed by atoms with Gasteiger partial charge in [-0.15, -0.1) is 0 Å². The van der Waals surface area contributed by atoms with Crippen molar-refractivity contribution in [3.63, 3.8) is 0 Å². The SMILES string of the molecule is N[C@@H](CC(=O)O)C(=O)[O-].N[C@@H](CC(=O)O)C(=O)[O-].N[C@@H](CC(=O)O)C(=O)[O-].[B+3]. The average Bonchev–Trinajstić information content (AvgIpc) is 2.46. The second-order valence-electron chi connectivity index (χ2n) is 4.57. The Hall–Kier alpha value is -3.24. The van der Waals surface area contributed by atoms with Crippen LogP contribution in [0.5, 0.6) is 0 Å². The maximum absolute atomic E-state index is 9.74. The number of aliphatic carboxylic acids is 6. The first-order valence-corrected chi connectivity index (χ1v) is 6.66. The van der Waals surface area contributed by atoms with Crippen LogP contribution in [0.25, 0.3) is 0 Å². The number of rotatable bonds is 9. The van der Waals surface area contributed by atoms with Gasteiger partial charge in [0, 0.05) is 0 Å². The normalized spacial score (nSPS) is 12.1. The van der Waals surface area contributed by atoms with Crippen LogP contribution in [0.2, 0.25) is 0 Å². The molecule has 0 rings (SSSR count). The van der Waals surface area contributed by atoms with E-state index < -0.39 is 73.2 Å². The van der Waals surface area contributed by atoms with Crippen molar-refractivity contribution in [2.75, 3.05) is 0 Å². The van der Waals surface area contributed by atoms with E-state index in [1.54, 1.807) is 0 Å². The van der Waals surface area contributed by atoms with Gasteiger partial charge in [0.15, 0.2) is 0 Å². The van der Waals surface area contributed by atoms with E-state index in [9.17, 15) is 44.1 Å². The van der Waals surface area contributed by atoms with Crippen LogP contribution in [0.3, 0.4) is 0 Å². The van der Waals surface area contributed by atoms with Crippen LogP contribution in [0, 0.1) is 0 Å². The van der Waals surface area contributed by atoms with Gasteiger partial charge >= 0.3 is 26.3 Å². The summed E-state index contributed by atoms with van der Waals surface area (Å²) in [5.41, 5.74) is 14.3. The third-order valence-corrected chi connectivity index (χ3v) is 2.09. The molecule has 0 aliphatic carbocycles. The molecular weight excluding hydrogens is 389 g/mol. The van der Waals surface area contributed by atoms with Crippen LogP contribution in [-0.4, -0.2) is 77.7 Å². The Bertz CT molecular complexity index is 480. The largest absolute Gasteiger partial charge is 3.00 e. The molecule has 0 radical (unpaired) electrons. The van der Waals surface area contributed by atoms with Crippen molar-refractivity contribution in [1.29, 1.82) is 0 Å². The average molecular weight is 407 g/mol. The molecule has 0 amide bonds. The minimum atomic E-state index is -1.54. The van der Waals surface area contributed by atoms with Crippen molar-refractivity contribution in [1.82, 2.24) is 0 Å². The molecule has 28 heavy (non-hydrogen) atoms. The molecule has 0 heterocycles. The molecule has 0 saturated heterocycles. The number of carbonyl (C=O) groups excluding carboxylic acids is 3. The van der Waals surface area contributed by atoms with Crippen molar-refractivity contribution in [2.45, 2.75) is 37.4 Å². The predicted octanol–water partition coefficient (Wildman–Crippen LogP) is -7.77. The quantitative estimate of drug-likeness (QED) is 0.193. The molecule has 9 N–H and O–H groups in total. The molecule has 0 aromatic rings. The van der Waals surface area contributed by atoms with Gasteiger partial charge in [0.25, 0.3) is 0 Å². The van der Waals surface area contributed by atoms with E-state index in [0.29, 0.717) is 0 Å². The molecule has 3 atom stereocenters.